The molecule has 0 saturated carbocycles. The Hall–Kier alpha value is -1.96. The Morgan fingerprint density at radius 3 is 2.69 bits per heavy atom. The summed E-state index contributed by atoms with van der Waals surface area (Å²) in [5, 5.41) is 7.76. The fourth-order valence-corrected chi connectivity index (χ4v) is 6.13. The maximum atomic E-state index is 13.8. The molecule has 0 radical (unpaired) electrons. The zero-order valence-electron chi connectivity index (χ0n) is 20.6. The van der Waals surface area contributed by atoms with Gasteiger partial charge in [0, 0.05) is 49.3 Å². The fourth-order valence-electron chi connectivity index (χ4n) is 6.01. The summed E-state index contributed by atoms with van der Waals surface area (Å²) in [4.78, 5) is 18.4. The van der Waals surface area contributed by atoms with Gasteiger partial charge in [0.15, 0.2) is 0 Å². The molecular formula is C28H37ClN4O2. The van der Waals surface area contributed by atoms with Crippen molar-refractivity contribution in [3.05, 3.63) is 70.2 Å². The van der Waals surface area contributed by atoms with Crippen LogP contribution in [0, 0.1) is 0 Å². The maximum Gasteiger partial charge on any atom is 0.240 e. The van der Waals surface area contributed by atoms with Crippen LogP contribution in [-0.2, 0) is 27.9 Å². The number of likely N-dealkylation sites (N-methyl/N-ethyl adjacent to an activating group) is 1. The van der Waals surface area contributed by atoms with Gasteiger partial charge in [-0.25, -0.2) is 0 Å². The molecule has 3 heterocycles. The number of hydrogen-bond acceptors (Lipinski definition) is 5. The highest BCUT2D eigenvalue weighted by Gasteiger charge is 2.44. The molecular weight excluding hydrogens is 460 g/mol. The zero-order chi connectivity index (χ0) is 24.3. The molecule has 2 N–H and O–H groups in total. The topological polar surface area (TPSA) is 56.8 Å². The van der Waals surface area contributed by atoms with Crippen LogP contribution in [0.15, 0.2) is 48.5 Å². The normalized spacial score (nSPS) is 23.1. The van der Waals surface area contributed by atoms with E-state index in [2.05, 4.69) is 51.7 Å². The average molecular weight is 497 g/mol. The summed E-state index contributed by atoms with van der Waals surface area (Å²) in [7, 11) is 2.25. The molecule has 1 spiro atoms. The summed E-state index contributed by atoms with van der Waals surface area (Å²) >= 11 is 6.10. The number of morpholine rings is 1. The number of fused-ring (bicyclic) bond motifs is 2. The predicted octanol–water partition coefficient (Wildman–Crippen LogP) is 2.83. The van der Waals surface area contributed by atoms with Crippen LogP contribution >= 0.6 is 11.6 Å². The zero-order valence-corrected chi connectivity index (χ0v) is 21.4. The first-order chi connectivity index (χ1) is 17.0. The number of halogens is 1. The van der Waals surface area contributed by atoms with Crippen molar-refractivity contribution in [3.8, 4) is 0 Å². The van der Waals surface area contributed by atoms with E-state index in [1.807, 2.05) is 24.3 Å². The molecule has 2 atom stereocenters. The van der Waals surface area contributed by atoms with E-state index in [1.54, 1.807) is 0 Å². The Labute approximate surface area is 214 Å². The van der Waals surface area contributed by atoms with Crippen molar-refractivity contribution in [1.82, 2.24) is 20.4 Å². The van der Waals surface area contributed by atoms with E-state index in [0.29, 0.717) is 24.6 Å². The first-order valence-corrected chi connectivity index (χ1v) is 13.3. The fraction of sp³-hybridized carbons (Fsp3) is 0.536. The SMILES string of the molecule is CN1CCc2ccccc2C12CCN(C(=O)[C@@H](Cc1ccc(Cl)cc1)NCC1COCCN1)CC2. The molecule has 0 bridgehead atoms. The van der Waals surface area contributed by atoms with Gasteiger partial charge in [-0.15, -0.1) is 0 Å². The number of piperidine rings is 1. The minimum absolute atomic E-state index is 0.0358. The standard InChI is InChI=1S/C28H37ClN4O2/c1-32-14-10-22-4-2-3-5-25(22)28(32)11-15-33(16-12-28)27(34)26(18-21-6-8-23(29)9-7-21)31-19-24-20-35-17-13-30-24/h2-9,24,26,30-31H,10-20H2,1H3/t24?,26-/m1/s1. The molecule has 2 saturated heterocycles. The monoisotopic (exact) mass is 496 g/mol. The largest absolute Gasteiger partial charge is 0.378 e. The van der Waals surface area contributed by atoms with E-state index in [9.17, 15) is 4.79 Å². The molecule has 0 aliphatic carbocycles. The predicted molar refractivity (Wildman–Crippen MR) is 140 cm³/mol. The number of nitrogens with one attached hydrogen (secondary N) is 2. The van der Waals surface area contributed by atoms with E-state index in [0.717, 1.165) is 57.6 Å². The maximum absolute atomic E-state index is 13.8. The van der Waals surface area contributed by atoms with Gasteiger partial charge in [0.25, 0.3) is 0 Å². The number of benzene rings is 2. The lowest BCUT2D eigenvalue weighted by Gasteiger charge is -2.51. The van der Waals surface area contributed by atoms with Crippen molar-refractivity contribution in [3.63, 3.8) is 0 Å². The highest BCUT2D eigenvalue weighted by Crippen LogP contribution is 2.42. The lowest BCUT2D eigenvalue weighted by atomic mass is 9.74. The quantitative estimate of drug-likeness (QED) is 0.644. The molecule has 188 valence electrons. The van der Waals surface area contributed by atoms with Crippen LogP contribution < -0.4 is 10.6 Å². The third-order valence-corrected chi connectivity index (χ3v) is 8.38. The second kappa shape index (κ2) is 11.0. The number of carbonyl (C=O) groups excluding carboxylic acids is 1. The van der Waals surface area contributed by atoms with Gasteiger partial charge in [0.2, 0.25) is 5.91 Å². The summed E-state index contributed by atoms with van der Waals surface area (Å²) in [6, 6.07) is 16.7. The minimum atomic E-state index is -0.273. The van der Waals surface area contributed by atoms with E-state index < -0.39 is 0 Å². The molecule has 3 aliphatic rings. The summed E-state index contributed by atoms with van der Waals surface area (Å²) in [6.45, 7) is 5.61. The Balaban J connectivity index is 1.28. The van der Waals surface area contributed by atoms with Crippen LogP contribution in [0.5, 0.6) is 0 Å². The van der Waals surface area contributed by atoms with Gasteiger partial charge < -0.3 is 20.3 Å². The number of amides is 1. The number of likely N-dealkylation sites (tertiary alicyclic amines) is 1. The molecule has 2 aromatic carbocycles. The van der Waals surface area contributed by atoms with E-state index in [-0.39, 0.29) is 23.5 Å². The van der Waals surface area contributed by atoms with Crippen molar-refractivity contribution in [2.75, 3.05) is 53.0 Å². The molecule has 2 fully saturated rings. The van der Waals surface area contributed by atoms with Gasteiger partial charge >= 0.3 is 0 Å². The van der Waals surface area contributed by atoms with Crippen LogP contribution in [0.4, 0.5) is 0 Å². The van der Waals surface area contributed by atoms with Crippen LogP contribution in [0.1, 0.15) is 29.5 Å². The molecule has 6 nitrogen and oxygen atoms in total. The van der Waals surface area contributed by atoms with Gasteiger partial charge in [0.1, 0.15) is 0 Å². The van der Waals surface area contributed by atoms with Gasteiger partial charge in [-0.2, -0.15) is 0 Å². The number of carbonyl (C=O) groups is 1. The second-order valence-electron chi connectivity index (χ2n) is 10.2. The number of nitrogens with zero attached hydrogens (tertiary/aromatic N) is 2. The first kappa shape index (κ1) is 24.7. The van der Waals surface area contributed by atoms with Gasteiger partial charge in [-0.3, -0.25) is 9.69 Å². The number of rotatable bonds is 6. The Morgan fingerprint density at radius 1 is 1.17 bits per heavy atom. The molecule has 5 rings (SSSR count). The molecule has 1 unspecified atom stereocenters. The van der Waals surface area contributed by atoms with E-state index in [1.165, 1.54) is 11.1 Å². The van der Waals surface area contributed by atoms with E-state index in [4.69, 9.17) is 16.3 Å². The van der Waals surface area contributed by atoms with Crippen LogP contribution in [0.2, 0.25) is 5.02 Å². The first-order valence-electron chi connectivity index (χ1n) is 12.9. The molecule has 35 heavy (non-hydrogen) atoms. The van der Waals surface area contributed by atoms with Crippen LogP contribution in [-0.4, -0.2) is 80.8 Å². The molecule has 1 amide bonds. The van der Waals surface area contributed by atoms with Crippen LogP contribution in [0.25, 0.3) is 0 Å². The second-order valence-corrected chi connectivity index (χ2v) is 10.6. The van der Waals surface area contributed by atoms with Crippen molar-refractivity contribution in [1.29, 1.82) is 0 Å². The van der Waals surface area contributed by atoms with Crippen molar-refractivity contribution >= 4 is 17.5 Å². The highest BCUT2D eigenvalue weighted by molar-refractivity contribution is 6.30. The summed E-state index contributed by atoms with van der Waals surface area (Å²) in [6.07, 6.45) is 3.69. The number of ether oxygens (including phenoxy) is 1. The molecule has 3 aliphatic heterocycles. The van der Waals surface area contributed by atoms with Gasteiger partial charge in [-0.1, -0.05) is 48.0 Å². The number of hydrogen-bond donors (Lipinski definition) is 2. The lowest BCUT2D eigenvalue weighted by Crippen LogP contribution is -2.58. The van der Waals surface area contributed by atoms with Gasteiger partial charge in [-0.05, 0) is 61.6 Å². The third-order valence-electron chi connectivity index (χ3n) is 8.13. The molecule has 7 heteroatoms. The van der Waals surface area contributed by atoms with E-state index >= 15 is 0 Å². The minimum Gasteiger partial charge on any atom is -0.378 e. The van der Waals surface area contributed by atoms with Gasteiger partial charge in [0.05, 0.1) is 19.3 Å². The Morgan fingerprint density at radius 2 is 1.94 bits per heavy atom. The van der Waals surface area contributed by atoms with Crippen LogP contribution in [0.3, 0.4) is 0 Å². The van der Waals surface area contributed by atoms with Crippen molar-refractivity contribution < 1.29 is 9.53 Å². The molecule has 0 aromatic heterocycles. The highest BCUT2D eigenvalue weighted by atomic mass is 35.5. The summed E-state index contributed by atoms with van der Waals surface area (Å²) in [5.41, 5.74) is 4.08. The smallest absolute Gasteiger partial charge is 0.240 e. The van der Waals surface area contributed by atoms with Crippen molar-refractivity contribution in [2.45, 2.75) is 43.3 Å². The Bertz CT molecular complexity index is 1000. The van der Waals surface area contributed by atoms with Crippen molar-refractivity contribution in [2.24, 2.45) is 0 Å². The third kappa shape index (κ3) is 5.42. The summed E-state index contributed by atoms with van der Waals surface area (Å²) < 4.78 is 5.61. The Kier molecular flexibility index (Phi) is 7.75. The average Bonchev–Trinajstić information content (AvgIpc) is 2.91. The lowest BCUT2D eigenvalue weighted by molar-refractivity contribution is -0.136. The summed E-state index contributed by atoms with van der Waals surface area (Å²) in [5.74, 6) is 0.193. The molecule has 2 aromatic rings.